The molecule has 2 fully saturated rings. The summed E-state index contributed by atoms with van der Waals surface area (Å²) in [7, 11) is 0. The van der Waals surface area contributed by atoms with Crippen molar-refractivity contribution < 1.29 is 32.7 Å². The van der Waals surface area contributed by atoms with Crippen LogP contribution in [0.3, 0.4) is 0 Å². The molecule has 0 aromatic carbocycles. The van der Waals surface area contributed by atoms with Crippen molar-refractivity contribution in [3.63, 3.8) is 0 Å². The molecule has 8 nitrogen and oxygen atoms in total. The molecule has 0 radical (unpaired) electrons. The van der Waals surface area contributed by atoms with Gasteiger partial charge in [0.05, 0.1) is 6.04 Å². The summed E-state index contributed by atoms with van der Waals surface area (Å²) < 4.78 is 39.8. The summed E-state index contributed by atoms with van der Waals surface area (Å²) in [6, 6.07) is 0.542. The van der Waals surface area contributed by atoms with Crippen molar-refractivity contribution in [1.29, 1.82) is 0 Å². The summed E-state index contributed by atoms with van der Waals surface area (Å²) in [5.74, 6) is -3.24. The first-order valence-corrected chi connectivity index (χ1v) is 7.66. The van der Waals surface area contributed by atoms with E-state index < -0.39 is 29.7 Å². The van der Waals surface area contributed by atoms with Gasteiger partial charge in [0.1, 0.15) is 5.69 Å². The number of rotatable bonds is 2. The van der Waals surface area contributed by atoms with E-state index in [1.54, 1.807) is 0 Å². The van der Waals surface area contributed by atoms with Crippen molar-refractivity contribution in [2.45, 2.75) is 25.1 Å². The molecule has 1 aromatic heterocycles. The predicted molar refractivity (Wildman–Crippen MR) is 75.6 cm³/mol. The van der Waals surface area contributed by atoms with E-state index in [1.807, 2.05) is 0 Å². The quantitative estimate of drug-likeness (QED) is 0.780. The van der Waals surface area contributed by atoms with Gasteiger partial charge < -0.3 is 14.9 Å². The maximum absolute atomic E-state index is 12.9. The first-order valence-electron chi connectivity index (χ1n) is 7.66. The lowest BCUT2D eigenvalue weighted by Gasteiger charge is -2.33. The maximum Gasteiger partial charge on any atom is 0.435 e. The van der Waals surface area contributed by atoms with Gasteiger partial charge in [-0.15, -0.1) is 0 Å². The highest BCUT2D eigenvalue weighted by Gasteiger charge is 2.40. The Hall–Kier alpha value is -2.59. The molecule has 0 bridgehead atoms. The SMILES string of the molecule is O=C(O)C(=O)N1CCN(C(=O)c2cc(C(F)(F)F)nn2C2CC2)CC1. The highest BCUT2D eigenvalue weighted by Crippen LogP contribution is 2.38. The molecule has 1 saturated heterocycles. The zero-order valence-electron chi connectivity index (χ0n) is 13.0. The maximum atomic E-state index is 12.9. The summed E-state index contributed by atoms with van der Waals surface area (Å²) in [6.07, 6.45) is -3.30. The number of aromatic nitrogens is 2. The van der Waals surface area contributed by atoms with Gasteiger partial charge in [0.25, 0.3) is 5.91 Å². The summed E-state index contributed by atoms with van der Waals surface area (Å²) in [4.78, 5) is 37.0. The van der Waals surface area contributed by atoms with Crippen LogP contribution in [0.5, 0.6) is 0 Å². The summed E-state index contributed by atoms with van der Waals surface area (Å²) in [5.41, 5.74) is -1.24. The van der Waals surface area contributed by atoms with Crippen molar-refractivity contribution in [1.82, 2.24) is 19.6 Å². The average Bonchev–Trinajstić information content (AvgIpc) is 3.30. The topological polar surface area (TPSA) is 95.7 Å². The van der Waals surface area contributed by atoms with E-state index in [9.17, 15) is 27.6 Å². The minimum Gasteiger partial charge on any atom is -0.474 e. The minimum atomic E-state index is -4.64. The van der Waals surface area contributed by atoms with Crippen LogP contribution in [0.2, 0.25) is 0 Å². The Morgan fingerprint density at radius 2 is 1.64 bits per heavy atom. The molecule has 11 heteroatoms. The Morgan fingerprint density at radius 1 is 1.08 bits per heavy atom. The molecule has 2 heterocycles. The number of carbonyl (C=O) groups excluding carboxylic acids is 2. The van der Waals surface area contributed by atoms with Crippen LogP contribution in [-0.2, 0) is 15.8 Å². The van der Waals surface area contributed by atoms with Gasteiger partial charge in [-0.3, -0.25) is 14.3 Å². The van der Waals surface area contributed by atoms with Gasteiger partial charge in [0, 0.05) is 32.2 Å². The van der Waals surface area contributed by atoms with Crippen LogP contribution < -0.4 is 0 Å². The van der Waals surface area contributed by atoms with Crippen LogP contribution >= 0.6 is 0 Å². The third-order valence-corrected chi connectivity index (χ3v) is 4.18. The van der Waals surface area contributed by atoms with Gasteiger partial charge in [-0.05, 0) is 12.8 Å². The Labute approximate surface area is 139 Å². The fraction of sp³-hybridized carbons (Fsp3) is 0.571. The molecule has 3 rings (SSSR count). The number of aliphatic carboxylic acids is 1. The van der Waals surface area contributed by atoms with Crippen LogP contribution in [0.1, 0.15) is 35.1 Å². The third-order valence-electron chi connectivity index (χ3n) is 4.18. The van der Waals surface area contributed by atoms with Crippen LogP contribution in [0.4, 0.5) is 13.2 Å². The second-order valence-electron chi connectivity index (χ2n) is 5.98. The fourth-order valence-electron chi connectivity index (χ4n) is 2.70. The first kappa shape index (κ1) is 17.2. The fourth-order valence-corrected chi connectivity index (χ4v) is 2.70. The lowest BCUT2D eigenvalue weighted by molar-refractivity contribution is -0.156. The van der Waals surface area contributed by atoms with Crippen LogP contribution in [0, 0.1) is 0 Å². The van der Waals surface area contributed by atoms with Crippen LogP contribution in [0.25, 0.3) is 0 Å². The number of piperazine rings is 1. The van der Waals surface area contributed by atoms with E-state index in [1.165, 1.54) is 4.90 Å². The molecule has 1 saturated carbocycles. The van der Waals surface area contributed by atoms with Crippen molar-refractivity contribution in [3.05, 3.63) is 17.5 Å². The number of carboxylic acid groups (broad SMARTS) is 1. The molecule has 1 aromatic rings. The molecule has 1 aliphatic heterocycles. The lowest BCUT2D eigenvalue weighted by Crippen LogP contribution is -2.52. The average molecular weight is 360 g/mol. The Kier molecular flexibility index (Phi) is 4.17. The molecular formula is C14H15F3N4O4. The molecule has 0 atom stereocenters. The molecule has 2 aliphatic rings. The van der Waals surface area contributed by atoms with Gasteiger partial charge in [0.2, 0.25) is 0 Å². The van der Waals surface area contributed by atoms with E-state index in [-0.39, 0.29) is 37.9 Å². The molecular weight excluding hydrogens is 345 g/mol. The second-order valence-corrected chi connectivity index (χ2v) is 5.98. The largest absolute Gasteiger partial charge is 0.474 e. The third kappa shape index (κ3) is 3.44. The number of halogens is 3. The summed E-state index contributed by atoms with van der Waals surface area (Å²) in [5, 5.41) is 12.2. The molecule has 1 N–H and O–H groups in total. The predicted octanol–water partition coefficient (Wildman–Crippen LogP) is 0.606. The number of hydrogen-bond donors (Lipinski definition) is 1. The van der Waals surface area contributed by atoms with E-state index in [0.717, 1.165) is 15.6 Å². The molecule has 2 amide bonds. The zero-order valence-corrected chi connectivity index (χ0v) is 13.0. The molecule has 25 heavy (non-hydrogen) atoms. The standard InChI is InChI=1S/C14H15F3N4O4/c15-14(16,17)10-7-9(21(18-10)8-1-2-8)11(22)19-3-5-20(6-4-19)12(23)13(24)25/h7-8H,1-6H2,(H,24,25). The van der Waals surface area contributed by atoms with Gasteiger partial charge >= 0.3 is 18.1 Å². The monoisotopic (exact) mass is 360 g/mol. The highest BCUT2D eigenvalue weighted by atomic mass is 19.4. The van der Waals surface area contributed by atoms with Gasteiger partial charge in [-0.2, -0.15) is 18.3 Å². The highest BCUT2D eigenvalue weighted by molar-refractivity contribution is 6.31. The van der Waals surface area contributed by atoms with Crippen LogP contribution in [0.15, 0.2) is 6.07 Å². The van der Waals surface area contributed by atoms with E-state index >= 15 is 0 Å². The molecule has 0 spiro atoms. The van der Waals surface area contributed by atoms with Gasteiger partial charge in [0.15, 0.2) is 5.69 Å². The van der Waals surface area contributed by atoms with Crippen molar-refractivity contribution in [3.8, 4) is 0 Å². The van der Waals surface area contributed by atoms with E-state index in [2.05, 4.69) is 5.10 Å². The van der Waals surface area contributed by atoms with Gasteiger partial charge in [-0.1, -0.05) is 0 Å². The number of alkyl halides is 3. The zero-order chi connectivity index (χ0) is 18.4. The Morgan fingerprint density at radius 3 is 2.12 bits per heavy atom. The molecule has 1 aliphatic carbocycles. The Balaban J connectivity index is 1.75. The smallest absolute Gasteiger partial charge is 0.435 e. The van der Waals surface area contributed by atoms with E-state index in [4.69, 9.17) is 5.11 Å². The number of hydrogen-bond acceptors (Lipinski definition) is 4. The van der Waals surface area contributed by atoms with Crippen molar-refractivity contribution in [2.24, 2.45) is 0 Å². The number of nitrogens with zero attached hydrogens (tertiary/aromatic N) is 4. The van der Waals surface area contributed by atoms with Gasteiger partial charge in [-0.25, -0.2) is 4.79 Å². The summed E-state index contributed by atoms with van der Waals surface area (Å²) >= 11 is 0. The second kappa shape index (κ2) is 6.05. The van der Waals surface area contributed by atoms with Crippen molar-refractivity contribution in [2.75, 3.05) is 26.2 Å². The molecule has 0 unspecified atom stereocenters. The number of carbonyl (C=O) groups is 3. The first-order chi connectivity index (χ1) is 11.7. The van der Waals surface area contributed by atoms with Crippen molar-refractivity contribution >= 4 is 17.8 Å². The summed E-state index contributed by atoms with van der Waals surface area (Å²) in [6.45, 7) is 0.130. The lowest BCUT2D eigenvalue weighted by atomic mass is 10.2. The van der Waals surface area contributed by atoms with Crippen LogP contribution in [-0.4, -0.2) is 68.6 Å². The normalized spacial score (nSPS) is 18.4. The number of amides is 2. The van der Waals surface area contributed by atoms with E-state index in [0.29, 0.717) is 12.8 Å². The minimum absolute atomic E-state index is 0.0145. The Bertz CT molecular complexity index is 718. The number of carboxylic acids is 1. The molecule has 136 valence electrons.